The Hall–Kier alpha value is -0.940. The molecule has 0 bridgehead atoms. The van der Waals surface area contributed by atoms with Crippen LogP contribution in [0.5, 0.6) is 0 Å². The second-order valence-corrected chi connectivity index (χ2v) is 4.53. The van der Waals surface area contributed by atoms with E-state index in [2.05, 4.69) is 19.7 Å². The molecule has 0 radical (unpaired) electrons. The van der Waals surface area contributed by atoms with Gasteiger partial charge in [-0.2, -0.15) is 0 Å². The zero-order valence-electron chi connectivity index (χ0n) is 8.71. The topological polar surface area (TPSA) is 54.2 Å². The summed E-state index contributed by atoms with van der Waals surface area (Å²) >= 11 is 0. The molecule has 2 aliphatic rings. The third-order valence-corrected chi connectivity index (χ3v) is 3.56. The molecule has 3 rings (SSSR count). The molecule has 5 heteroatoms. The monoisotopic (exact) mass is 208 g/mol. The molecule has 1 aliphatic carbocycles. The largest absolute Gasteiger partial charge is 0.393 e. The maximum atomic E-state index is 9.53. The maximum Gasteiger partial charge on any atom is 0.147 e. The lowest BCUT2D eigenvalue weighted by atomic mass is 10.2. The Balaban J connectivity index is 1.71. The molecule has 5 nitrogen and oxygen atoms in total. The molecule has 0 saturated heterocycles. The van der Waals surface area contributed by atoms with E-state index in [9.17, 15) is 5.11 Å². The number of aliphatic hydroxyl groups is 1. The van der Waals surface area contributed by atoms with Gasteiger partial charge in [-0.3, -0.25) is 4.90 Å². The molecule has 2 unspecified atom stereocenters. The minimum Gasteiger partial charge on any atom is -0.393 e. The van der Waals surface area contributed by atoms with Crippen LogP contribution in [-0.4, -0.2) is 43.5 Å². The highest BCUT2D eigenvalue weighted by Crippen LogP contribution is 2.26. The van der Waals surface area contributed by atoms with Crippen LogP contribution in [0.4, 0.5) is 0 Å². The van der Waals surface area contributed by atoms with Crippen LogP contribution >= 0.6 is 0 Å². The van der Waals surface area contributed by atoms with E-state index in [4.69, 9.17) is 0 Å². The lowest BCUT2D eigenvalue weighted by Gasteiger charge is -2.32. The van der Waals surface area contributed by atoms with Gasteiger partial charge < -0.3 is 9.67 Å². The van der Waals surface area contributed by atoms with Crippen molar-refractivity contribution in [2.24, 2.45) is 0 Å². The Morgan fingerprint density at radius 2 is 2.27 bits per heavy atom. The number of aromatic nitrogens is 3. The van der Waals surface area contributed by atoms with Crippen molar-refractivity contribution in [3.05, 3.63) is 12.2 Å². The predicted octanol–water partition coefficient (Wildman–Crippen LogP) is 0.00710. The summed E-state index contributed by atoms with van der Waals surface area (Å²) in [5, 5.41) is 17.5. The van der Waals surface area contributed by atoms with E-state index >= 15 is 0 Å². The van der Waals surface area contributed by atoms with Gasteiger partial charge in [-0.15, -0.1) is 10.2 Å². The van der Waals surface area contributed by atoms with Crippen LogP contribution in [0.3, 0.4) is 0 Å². The van der Waals surface area contributed by atoms with E-state index in [-0.39, 0.29) is 6.10 Å². The molecule has 1 N–H and O–H groups in total. The molecule has 1 fully saturated rings. The molecule has 82 valence electrons. The molecule has 1 aliphatic heterocycles. The summed E-state index contributed by atoms with van der Waals surface area (Å²) in [5.74, 6) is 1.06. The van der Waals surface area contributed by atoms with Gasteiger partial charge in [0.25, 0.3) is 0 Å². The van der Waals surface area contributed by atoms with Gasteiger partial charge in [0, 0.05) is 19.1 Å². The number of hydrogen-bond donors (Lipinski definition) is 1. The van der Waals surface area contributed by atoms with E-state index in [1.165, 1.54) is 0 Å². The Morgan fingerprint density at radius 1 is 1.33 bits per heavy atom. The Kier molecular flexibility index (Phi) is 2.21. The zero-order valence-corrected chi connectivity index (χ0v) is 8.71. The van der Waals surface area contributed by atoms with Gasteiger partial charge in [0.05, 0.1) is 12.6 Å². The van der Waals surface area contributed by atoms with Crippen molar-refractivity contribution < 1.29 is 5.11 Å². The lowest BCUT2D eigenvalue weighted by Crippen LogP contribution is -2.40. The SMILES string of the molecule is OC1CCC(N2CCn3cnnc3C2)C1. The minimum absolute atomic E-state index is 0.0882. The van der Waals surface area contributed by atoms with Crippen molar-refractivity contribution in [2.75, 3.05) is 6.54 Å². The van der Waals surface area contributed by atoms with Crippen molar-refractivity contribution in [3.63, 3.8) is 0 Å². The van der Waals surface area contributed by atoms with Gasteiger partial charge in [0.15, 0.2) is 0 Å². The van der Waals surface area contributed by atoms with Crippen molar-refractivity contribution in [3.8, 4) is 0 Å². The molecule has 1 saturated carbocycles. The summed E-state index contributed by atoms with van der Waals surface area (Å²) in [7, 11) is 0. The maximum absolute atomic E-state index is 9.53. The summed E-state index contributed by atoms with van der Waals surface area (Å²) in [4.78, 5) is 2.43. The van der Waals surface area contributed by atoms with Crippen LogP contribution in [-0.2, 0) is 13.1 Å². The summed E-state index contributed by atoms with van der Waals surface area (Å²) in [5.41, 5.74) is 0. The number of nitrogens with zero attached hydrogens (tertiary/aromatic N) is 4. The minimum atomic E-state index is -0.0882. The van der Waals surface area contributed by atoms with E-state index in [1.807, 2.05) is 0 Å². The Morgan fingerprint density at radius 3 is 3.07 bits per heavy atom. The molecule has 1 aromatic heterocycles. The van der Waals surface area contributed by atoms with Crippen LogP contribution in [0, 0.1) is 0 Å². The first-order chi connectivity index (χ1) is 7.33. The normalized spacial score (nSPS) is 31.8. The van der Waals surface area contributed by atoms with Crippen molar-refractivity contribution in [1.82, 2.24) is 19.7 Å². The number of fused-ring (bicyclic) bond motifs is 1. The fourth-order valence-corrected chi connectivity index (χ4v) is 2.66. The van der Waals surface area contributed by atoms with Crippen LogP contribution in [0.25, 0.3) is 0 Å². The molecule has 0 aromatic carbocycles. The van der Waals surface area contributed by atoms with Crippen LogP contribution in [0.1, 0.15) is 25.1 Å². The Bertz CT molecular complexity index is 351. The van der Waals surface area contributed by atoms with Gasteiger partial charge in [-0.1, -0.05) is 0 Å². The smallest absolute Gasteiger partial charge is 0.147 e. The third-order valence-electron chi connectivity index (χ3n) is 3.56. The first-order valence-corrected chi connectivity index (χ1v) is 5.62. The second kappa shape index (κ2) is 3.57. The second-order valence-electron chi connectivity index (χ2n) is 4.53. The van der Waals surface area contributed by atoms with E-state index < -0.39 is 0 Å². The van der Waals surface area contributed by atoms with Gasteiger partial charge in [0.1, 0.15) is 12.2 Å². The van der Waals surface area contributed by atoms with Crippen molar-refractivity contribution in [1.29, 1.82) is 0 Å². The van der Waals surface area contributed by atoms with Gasteiger partial charge in [-0.05, 0) is 19.3 Å². The van der Waals surface area contributed by atoms with Crippen molar-refractivity contribution in [2.45, 2.75) is 44.5 Å². The molecular formula is C10H16N4O. The van der Waals surface area contributed by atoms with Crippen molar-refractivity contribution >= 4 is 0 Å². The average Bonchev–Trinajstić information content (AvgIpc) is 2.84. The molecule has 2 heterocycles. The first-order valence-electron chi connectivity index (χ1n) is 5.62. The summed E-state index contributed by atoms with van der Waals surface area (Å²) in [6.07, 6.45) is 4.71. The predicted molar refractivity (Wildman–Crippen MR) is 54.1 cm³/mol. The summed E-state index contributed by atoms with van der Waals surface area (Å²) in [6.45, 7) is 2.93. The van der Waals surface area contributed by atoms with E-state index in [1.54, 1.807) is 6.33 Å². The molecular weight excluding hydrogens is 192 g/mol. The molecule has 1 aromatic rings. The highest BCUT2D eigenvalue weighted by Gasteiger charge is 2.30. The molecule has 0 spiro atoms. The molecule has 0 amide bonds. The fraction of sp³-hybridized carbons (Fsp3) is 0.800. The highest BCUT2D eigenvalue weighted by atomic mass is 16.3. The van der Waals surface area contributed by atoms with Crippen LogP contribution in [0.2, 0.25) is 0 Å². The standard InChI is InChI=1S/C10H16N4O/c15-9-2-1-8(5-9)13-3-4-14-7-11-12-10(14)6-13/h7-9,15H,1-6H2. The van der Waals surface area contributed by atoms with Gasteiger partial charge >= 0.3 is 0 Å². The number of aliphatic hydroxyl groups excluding tert-OH is 1. The fourth-order valence-electron chi connectivity index (χ4n) is 2.66. The third kappa shape index (κ3) is 1.66. The average molecular weight is 208 g/mol. The zero-order chi connectivity index (χ0) is 10.3. The lowest BCUT2D eigenvalue weighted by molar-refractivity contribution is 0.129. The first kappa shape index (κ1) is 9.30. The van der Waals surface area contributed by atoms with Gasteiger partial charge in [0.2, 0.25) is 0 Å². The number of rotatable bonds is 1. The molecule has 15 heavy (non-hydrogen) atoms. The quantitative estimate of drug-likeness (QED) is 0.706. The van der Waals surface area contributed by atoms with Crippen LogP contribution < -0.4 is 0 Å². The summed E-state index contributed by atoms with van der Waals surface area (Å²) < 4.78 is 2.11. The summed E-state index contributed by atoms with van der Waals surface area (Å²) in [6, 6.07) is 0.547. The van der Waals surface area contributed by atoms with Crippen LogP contribution in [0.15, 0.2) is 6.33 Å². The van der Waals surface area contributed by atoms with Gasteiger partial charge in [-0.25, -0.2) is 0 Å². The Labute approximate surface area is 88.7 Å². The highest BCUT2D eigenvalue weighted by molar-refractivity contribution is 4.93. The number of hydrogen-bond acceptors (Lipinski definition) is 4. The van der Waals surface area contributed by atoms with E-state index in [0.717, 1.165) is 44.7 Å². The van der Waals surface area contributed by atoms with E-state index in [0.29, 0.717) is 6.04 Å². The molecule has 2 atom stereocenters.